The van der Waals surface area contributed by atoms with E-state index in [1.807, 2.05) is 13.0 Å². The van der Waals surface area contributed by atoms with E-state index >= 15 is 0 Å². The fraction of sp³-hybridized carbons (Fsp3) is 0.400. The van der Waals surface area contributed by atoms with E-state index in [0.717, 1.165) is 11.3 Å². The molecule has 3 N–H and O–H groups in total. The molecule has 0 fully saturated rings. The van der Waals surface area contributed by atoms with Gasteiger partial charge in [-0.25, -0.2) is 13.6 Å². The molecule has 1 aliphatic rings. The third-order valence-corrected chi connectivity index (χ3v) is 4.76. The molecule has 0 bridgehead atoms. The lowest BCUT2D eigenvalue weighted by atomic mass is 10.2. The fourth-order valence-electron chi connectivity index (χ4n) is 1.73. The molecule has 7 heteroatoms. The van der Waals surface area contributed by atoms with E-state index < -0.39 is 10.0 Å². The average molecular weight is 274 g/mol. The van der Waals surface area contributed by atoms with Gasteiger partial charge in [0, 0.05) is 15.8 Å². The third-order valence-electron chi connectivity index (χ3n) is 2.46. The molecule has 1 aromatic rings. The maximum absolute atomic E-state index is 11.6. The number of hydroxylamine groups is 1. The molecule has 0 aliphatic carbocycles. The predicted octanol–water partition coefficient (Wildman–Crippen LogP) is 1.22. The lowest BCUT2D eigenvalue weighted by molar-refractivity contribution is 0.0740. The first-order valence-corrected chi connectivity index (χ1v) is 7.68. The van der Waals surface area contributed by atoms with Crippen LogP contribution in [0.15, 0.2) is 16.4 Å². The van der Waals surface area contributed by atoms with E-state index in [1.54, 1.807) is 5.38 Å². The molecule has 0 atom stereocenters. The number of primary sulfonamides is 1. The Morgan fingerprint density at radius 1 is 1.59 bits per heavy atom. The summed E-state index contributed by atoms with van der Waals surface area (Å²) in [5.74, 6) is 0. The van der Waals surface area contributed by atoms with Crippen molar-refractivity contribution in [3.63, 3.8) is 0 Å². The van der Waals surface area contributed by atoms with Gasteiger partial charge in [0.1, 0.15) is 4.90 Å². The first-order chi connectivity index (χ1) is 8.04. The molecule has 94 valence electrons. The molecular formula is C10H14N2O3S2. The van der Waals surface area contributed by atoms with Gasteiger partial charge >= 0.3 is 0 Å². The molecule has 2 heterocycles. The Hall–Kier alpha value is -0.890. The third kappa shape index (κ3) is 2.52. The molecule has 1 aromatic heterocycles. The molecule has 0 aromatic carbocycles. The van der Waals surface area contributed by atoms with Crippen LogP contribution < -0.4 is 10.6 Å². The number of nitrogens with two attached hydrogens (primary N) is 1. The molecule has 17 heavy (non-hydrogen) atoms. The smallest absolute Gasteiger partial charge is 0.239 e. The van der Waals surface area contributed by atoms with Gasteiger partial charge in [0.25, 0.3) is 0 Å². The van der Waals surface area contributed by atoms with Crippen LogP contribution in [0.3, 0.4) is 0 Å². The van der Waals surface area contributed by atoms with Crippen LogP contribution in [0.4, 0.5) is 0 Å². The summed E-state index contributed by atoms with van der Waals surface area (Å²) < 4.78 is 23.3. The zero-order valence-corrected chi connectivity index (χ0v) is 11.0. The Balaban J connectivity index is 2.55. The minimum Gasteiger partial charge on any atom is -0.276 e. The average Bonchev–Trinajstić information content (AvgIpc) is 2.73. The topological polar surface area (TPSA) is 81.4 Å². The van der Waals surface area contributed by atoms with Crippen molar-refractivity contribution < 1.29 is 13.3 Å². The summed E-state index contributed by atoms with van der Waals surface area (Å²) >= 11 is 1.40. The summed E-state index contributed by atoms with van der Waals surface area (Å²) in [5.41, 5.74) is 4.02. The number of sulfonamides is 1. The zero-order valence-electron chi connectivity index (χ0n) is 9.39. The van der Waals surface area contributed by atoms with Crippen molar-refractivity contribution in [2.75, 3.05) is 6.61 Å². The van der Waals surface area contributed by atoms with Crippen LogP contribution >= 0.6 is 11.3 Å². The Kier molecular flexibility index (Phi) is 3.53. The number of thiophene rings is 1. The number of hydrogen-bond donors (Lipinski definition) is 2. The summed E-state index contributed by atoms with van der Waals surface area (Å²) in [4.78, 5) is 6.09. The largest absolute Gasteiger partial charge is 0.276 e. The van der Waals surface area contributed by atoms with Gasteiger partial charge in [-0.3, -0.25) is 10.3 Å². The Bertz CT molecular complexity index is 546. The number of aryl methyl sites for hydroxylation is 1. The molecule has 0 radical (unpaired) electrons. The minimum absolute atomic E-state index is 0.217. The normalized spacial score (nSPS) is 16.5. The van der Waals surface area contributed by atoms with Gasteiger partial charge in [0.2, 0.25) is 10.0 Å². The molecule has 2 rings (SSSR count). The van der Waals surface area contributed by atoms with Gasteiger partial charge in [-0.1, -0.05) is 13.0 Å². The van der Waals surface area contributed by atoms with E-state index in [4.69, 9.17) is 9.98 Å². The van der Waals surface area contributed by atoms with Crippen LogP contribution in [-0.4, -0.2) is 15.0 Å². The summed E-state index contributed by atoms with van der Waals surface area (Å²) in [6.07, 6.45) is 3.31. The van der Waals surface area contributed by atoms with Gasteiger partial charge in [0.15, 0.2) is 0 Å². The van der Waals surface area contributed by atoms with E-state index in [1.165, 1.54) is 11.3 Å². The highest BCUT2D eigenvalue weighted by Gasteiger charge is 2.23. The van der Waals surface area contributed by atoms with Crippen LogP contribution in [0.25, 0.3) is 5.70 Å². The highest BCUT2D eigenvalue weighted by molar-refractivity contribution is 7.89. The van der Waals surface area contributed by atoms with Crippen LogP contribution in [0.5, 0.6) is 0 Å². The molecule has 0 saturated heterocycles. The Morgan fingerprint density at radius 2 is 2.35 bits per heavy atom. The molecule has 0 saturated carbocycles. The number of rotatable bonds is 3. The van der Waals surface area contributed by atoms with Gasteiger partial charge in [0.05, 0.1) is 12.3 Å². The quantitative estimate of drug-likeness (QED) is 0.868. The van der Waals surface area contributed by atoms with Crippen molar-refractivity contribution in [3.8, 4) is 0 Å². The van der Waals surface area contributed by atoms with Crippen molar-refractivity contribution in [1.29, 1.82) is 0 Å². The van der Waals surface area contributed by atoms with Gasteiger partial charge in [-0.15, -0.1) is 11.3 Å². The van der Waals surface area contributed by atoms with Crippen LogP contribution in [-0.2, 0) is 21.3 Å². The van der Waals surface area contributed by atoms with E-state index in [9.17, 15) is 8.42 Å². The second kappa shape index (κ2) is 4.77. The highest BCUT2D eigenvalue weighted by Crippen LogP contribution is 2.31. The lowest BCUT2D eigenvalue weighted by Gasteiger charge is -2.15. The summed E-state index contributed by atoms with van der Waals surface area (Å²) in [5, 5.41) is 7.07. The minimum atomic E-state index is -3.71. The van der Waals surface area contributed by atoms with Gasteiger partial charge in [-0.05, 0) is 12.8 Å². The van der Waals surface area contributed by atoms with Crippen molar-refractivity contribution in [2.45, 2.75) is 24.7 Å². The van der Waals surface area contributed by atoms with Crippen molar-refractivity contribution in [2.24, 2.45) is 5.14 Å². The molecule has 5 nitrogen and oxygen atoms in total. The number of nitrogens with one attached hydrogen (secondary N) is 1. The molecule has 0 spiro atoms. The van der Waals surface area contributed by atoms with Crippen molar-refractivity contribution >= 4 is 27.1 Å². The summed E-state index contributed by atoms with van der Waals surface area (Å²) in [6, 6.07) is 0. The Labute approximate surface area is 104 Å². The molecule has 0 amide bonds. The zero-order chi connectivity index (χ0) is 12.5. The second-order valence-electron chi connectivity index (χ2n) is 3.66. The van der Waals surface area contributed by atoms with Gasteiger partial charge < -0.3 is 0 Å². The van der Waals surface area contributed by atoms with Crippen molar-refractivity contribution in [1.82, 2.24) is 5.48 Å². The first kappa shape index (κ1) is 12.6. The summed E-state index contributed by atoms with van der Waals surface area (Å²) in [6.45, 7) is 2.49. The monoisotopic (exact) mass is 274 g/mol. The molecular weight excluding hydrogens is 260 g/mol. The maximum Gasteiger partial charge on any atom is 0.239 e. The van der Waals surface area contributed by atoms with Crippen molar-refractivity contribution in [3.05, 3.63) is 21.9 Å². The summed E-state index contributed by atoms with van der Waals surface area (Å²) in [7, 11) is -3.71. The predicted molar refractivity (Wildman–Crippen MR) is 66.8 cm³/mol. The first-order valence-electron chi connectivity index (χ1n) is 5.25. The fourth-order valence-corrected chi connectivity index (χ4v) is 4.12. The van der Waals surface area contributed by atoms with E-state index in [-0.39, 0.29) is 4.90 Å². The number of hydrogen-bond acceptors (Lipinski definition) is 5. The second-order valence-corrected chi connectivity index (χ2v) is 6.12. The maximum atomic E-state index is 11.6. The van der Waals surface area contributed by atoms with Gasteiger partial charge in [-0.2, -0.15) is 0 Å². The van der Waals surface area contributed by atoms with E-state index in [0.29, 0.717) is 24.3 Å². The SMILES string of the molecule is CCc1scc(C2=CCCON2)c1S(N)(=O)=O. The lowest BCUT2D eigenvalue weighted by Crippen LogP contribution is -2.21. The van der Waals surface area contributed by atoms with E-state index in [2.05, 4.69) is 5.48 Å². The van der Waals surface area contributed by atoms with Crippen LogP contribution in [0, 0.1) is 0 Å². The highest BCUT2D eigenvalue weighted by atomic mass is 32.2. The Morgan fingerprint density at radius 3 is 2.88 bits per heavy atom. The standard InChI is InChI=1S/C10H14N2O3S2/c1-2-9-10(17(11,13)14)7(6-16-9)8-4-3-5-15-12-8/h4,6,12H,2-3,5H2,1H3,(H2,11,13,14). The van der Waals surface area contributed by atoms with Crippen LogP contribution in [0.2, 0.25) is 0 Å². The molecule has 0 unspecified atom stereocenters. The molecule has 1 aliphatic heterocycles. The van der Waals surface area contributed by atoms with Crippen LogP contribution in [0.1, 0.15) is 23.8 Å².